The number of rotatable bonds is 15. The van der Waals surface area contributed by atoms with Crippen molar-refractivity contribution in [2.75, 3.05) is 158 Å². The number of carbonyl (C=O) groups is 5. The van der Waals surface area contributed by atoms with Crippen LogP contribution < -0.4 is 24.5 Å². The number of carbonyl (C=O) groups excluding carboxylic acids is 5. The molecule has 0 spiro atoms. The first kappa shape index (κ1) is 61.3. The van der Waals surface area contributed by atoms with Crippen molar-refractivity contribution in [3.05, 3.63) is 147 Å². The van der Waals surface area contributed by atoms with Crippen molar-refractivity contribution in [2.45, 2.75) is 131 Å². The molecule has 15 rings (SSSR count). The number of likely N-dealkylation sites (N-methyl/N-ethyl adjacent to an activating group) is 5. The Balaban J connectivity index is 0.000000171. The Morgan fingerprint density at radius 2 is 0.617 bits per heavy atom. The van der Waals surface area contributed by atoms with E-state index in [1.54, 1.807) is 87.3 Å². The van der Waals surface area contributed by atoms with Crippen LogP contribution in [0.3, 0.4) is 0 Å². The summed E-state index contributed by atoms with van der Waals surface area (Å²) in [6.45, 7) is 39.8. The zero-order valence-electron chi connectivity index (χ0n) is 91.8. The molecule has 5 fully saturated rings. The fourth-order valence-electron chi connectivity index (χ4n) is 15.1. The third kappa shape index (κ3) is 20.2. The standard InChI is InChI=1S/5C17H22N6O/c5*1-11-5-6-23(15(24)8-18-3)9-14(11)22(4)17-13-7-12(2)21-16(13)19-10-20-17/h5*7,10-11,14H,5-6,8-9H2,1-2,4H3,(H,19,20,21)/t5*11-,14+/m11111/s1/i1D3,7D,10D,14D;1D3,7D,10D,11D;7D,10D,14D;7D,10D,11D;1D3,7D,10D. The maximum absolute atomic E-state index is 12.3. The number of anilines is 5. The maximum atomic E-state index is 12.3. The van der Waals surface area contributed by atoms with Gasteiger partial charge in [-0.2, -0.15) is 0 Å². The van der Waals surface area contributed by atoms with E-state index in [1.165, 1.54) is 31.5 Å². The van der Waals surface area contributed by atoms with Gasteiger partial charge in [-0.3, -0.25) is 24.0 Å². The summed E-state index contributed by atoms with van der Waals surface area (Å²) in [4.78, 5) is 148. The number of piperidine rings is 5. The number of nitrogens with zero attached hydrogens (tertiary/aromatic N) is 25. The van der Waals surface area contributed by atoms with Crippen molar-refractivity contribution in [1.82, 2.24) is 99.3 Å². The Morgan fingerprint density at radius 3 is 0.925 bits per heavy atom. The first-order valence-corrected chi connectivity index (χ1v) is 38.6. The summed E-state index contributed by atoms with van der Waals surface area (Å²) < 4.78 is 189. The predicted molar refractivity (Wildman–Crippen MR) is 463 cm³/mol. The van der Waals surface area contributed by atoms with Gasteiger partial charge in [-0.15, -0.1) is 0 Å². The summed E-state index contributed by atoms with van der Waals surface area (Å²) in [6, 6.07) is -4.12. The summed E-state index contributed by atoms with van der Waals surface area (Å²) in [5, 5.41) is 1.99. The summed E-state index contributed by atoms with van der Waals surface area (Å²) >= 11 is 0. The van der Waals surface area contributed by atoms with E-state index in [9.17, 15) is 24.0 Å². The monoisotopic (exact) mass is 1650 g/mol. The number of amides is 5. The van der Waals surface area contributed by atoms with Crippen LogP contribution in [0.4, 0.5) is 29.1 Å². The van der Waals surface area contributed by atoms with Gasteiger partial charge in [0.05, 0.1) is 66.7 Å². The van der Waals surface area contributed by atoms with Crippen molar-refractivity contribution < 1.29 is 55.5 Å². The summed E-state index contributed by atoms with van der Waals surface area (Å²) in [6.07, 6.45) is 0.0306. The van der Waals surface area contributed by atoms with Crippen LogP contribution in [-0.4, -0.2) is 292 Å². The molecule has 5 aliphatic heterocycles. The van der Waals surface area contributed by atoms with Gasteiger partial charge >= 0.3 is 29.5 Å². The number of aromatic amines is 5. The second kappa shape index (κ2) is 39.4. The Hall–Kier alpha value is -13.1. The maximum Gasteiger partial charge on any atom is 0.302 e. The molecule has 120 heavy (non-hydrogen) atoms. The number of hydrogen-bond donors (Lipinski definition) is 5. The van der Waals surface area contributed by atoms with E-state index >= 15 is 0 Å². The summed E-state index contributed by atoms with van der Waals surface area (Å²) in [7, 11) is 8.16. The van der Waals surface area contributed by atoms with Crippen LogP contribution in [0.5, 0.6) is 0 Å². The quantitative estimate of drug-likeness (QED) is 0.0597. The molecule has 5 aliphatic rings. The lowest BCUT2D eigenvalue weighted by atomic mass is 9.92. The van der Waals surface area contributed by atoms with Gasteiger partial charge in [-0.1, -0.05) is 34.4 Å². The SMILES string of the molecule is [2H]c1nc(N(C)[C@@]2([2H])CN(C(=O)C[N+]#[C-])CC[C@H]2C([2H])([2H])[2H])c2c([2H])c(C)[nH]c2n1.[2H]c1nc(N(C)[C@@]2([2H])CN(C(=O)C[N+]#[C-])CC[C@H]2C)c2c([2H])c(C)[nH]c2n1.[2H]c1nc(N(C)[C@H]2CN(C(=O)C[N+]#[C-])CC[C@@]2([2H])C([2H])([2H])[2H])c2c([2H])c(C)[nH]c2n1.[2H]c1nc(N(C)[C@H]2CN(C(=O)C[N+]#[C-])CC[C@@]2([2H])C)c2c([2H])c(C)[nH]c2n1.[2H]c1nc(N(C)[C@H]2CN(C(=O)C[N+]#[C-])CC[C@H]2C([2H])([2H])[2H])c2c([2H])c(C)[nH]c2n1. The second-order valence-electron chi connectivity index (χ2n) is 29.8. The van der Waals surface area contributed by atoms with Gasteiger partial charge in [-0.25, -0.2) is 82.7 Å². The van der Waals surface area contributed by atoms with Gasteiger partial charge in [0.1, 0.15) is 95.7 Å². The molecule has 0 radical (unpaired) electrons. The summed E-state index contributed by atoms with van der Waals surface area (Å²) in [5.41, 5.74) is 4.53. The first-order valence-electron chi connectivity index (χ1n) is 50.1. The smallest absolute Gasteiger partial charge is 0.302 e. The molecule has 630 valence electrons. The molecule has 0 aliphatic carbocycles. The van der Waals surface area contributed by atoms with E-state index in [0.29, 0.717) is 111 Å². The van der Waals surface area contributed by atoms with Crippen LogP contribution in [0.25, 0.3) is 79.4 Å². The highest BCUT2D eigenvalue weighted by Gasteiger charge is 2.39. The number of hydrogen-bond acceptors (Lipinski definition) is 20. The molecule has 10 aromatic rings. The lowest BCUT2D eigenvalue weighted by Crippen LogP contribution is -2.53. The van der Waals surface area contributed by atoms with Crippen molar-refractivity contribution in [2.24, 2.45) is 29.5 Å². The normalized spacial score (nSPS) is 26.4. The Labute approximate surface area is 732 Å². The first-order chi connectivity index (χ1) is 66.7. The van der Waals surface area contributed by atoms with Gasteiger partial charge in [0.25, 0.3) is 32.7 Å². The zero-order valence-corrected chi connectivity index (χ0v) is 68.8. The molecule has 35 nitrogen and oxygen atoms in total. The fourth-order valence-corrected chi connectivity index (χ4v) is 15.1. The molecule has 15 heterocycles. The highest BCUT2D eigenvalue weighted by atomic mass is 16.2. The minimum Gasteiger partial charge on any atom is -0.354 e. The van der Waals surface area contributed by atoms with Crippen LogP contribution in [0.1, 0.15) is 127 Å². The summed E-state index contributed by atoms with van der Waals surface area (Å²) in [5.74, 6) is -5.16. The topological polar surface area (TPSA) is 347 Å². The Kier molecular flexibility index (Phi) is 20.1. The minimum absolute atomic E-state index is 0.0515. The number of likely N-dealkylation sites (tertiary alicyclic amines) is 5. The van der Waals surface area contributed by atoms with E-state index in [4.69, 9.17) is 64.4 Å². The molecule has 0 aromatic carbocycles. The number of aryl methyl sites for hydroxylation is 5. The molecule has 35 heteroatoms. The zero-order chi connectivity index (χ0) is 106. The van der Waals surface area contributed by atoms with Crippen molar-refractivity contribution in [3.63, 3.8) is 0 Å². The average molecular weight is 1660 g/mol. The van der Waals surface area contributed by atoms with Crippen LogP contribution in [0, 0.1) is 97.0 Å². The number of fused-ring (bicyclic) bond motifs is 5. The van der Waals surface area contributed by atoms with Crippen LogP contribution in [-0.2, 0) is 24.0 Å². The van der Waals surface area contributed by atoms with Crippen LogP contribution in [0.2, 0.25) is 0 Å². The molecular formula is C85H110N30O5. The minimum atomic E-state index is -2.64. The van der Waals surface area contributed by atoms with Gasteiger partial charge in [-0.05, 0) is 126 Å². The van der Waals surface area contributed by atoms with Gasteiger partial charge in [0.2, 0.25) is 0 Å². The van der Waals surface area contributed by atoms with E-state index in [0.717, 1.165) is 0 Å². The van der Waals surface area contributed by atoms with Gasteiger partial charge < -0.3 is 98.1 Å². The second-order valence-corrected chi connectivity index (χ2v) is 29.8. The number of H-pyrrole nitrogens is 5. The van der Waals surface area contributed by atoms with E-state index < -0.39 is 86.2 Å². The Bertz CT molecular complexity index is 6750. The van der Waals surface area contributed by atoms with Crippen molar-refractivity contribution >= 4 is 114 Å². The molecule has 5 N–H and O–H groups in total. The lowest BCUT2D eigenvalue weighted by molar-refractivity contribution is -0.131. The third-order valence-electron chi connectivity index (χ3n) is 21.7. The van der Waals surface area contributed by atoms with E-state index in [2.05, 4.69) is 99.0 Å². The molecule has 5 saturated heterocycles. The number of aromatic nitrogens is 15. The molecule has 5 amide bonds. The van der Waals surface area contributed by atoms with E-state index in [-0.39, 0.29) is 217 Å². The predicted octanol–water partition coefficient (Wildman–Crippen LogP) is 9.29. The Morgan fingerprint density at radius 1 is 0.367 bits per heavy atom. The molecule has 0 saturated carbocycles. The van der Waals surface area contributed by atoms with Gasteiger partial charge in [0.15, 0.2) is 0 Å². The molecule has 10 atom stereocenters. The molecule has 0 bridgehead atoms. The molecule has 0 unspecified atom stereocenters. The molecular weight excluding hydrogens is 1520 g/mol. The van der Waals surface area contributed by atoms with Gasteiger partial charge in [0, 0.05) is 144 Å². The largest absolute Gasteiger partial charge is 0.354 e. The fraction of sp³-hybridized carbons (Fsp3) is 0.529. The highest BCUT2D eigenvalue weighted by Crippen LogP contribution is 2.36. The molecule has 10 aromatic heterocycles. The third-order valence-corrected chi connectivity index (χ3v) is 21.7. The number of nitrogens with one attached hydrogen (secondary N) is 5. The highest BCUT2D eigenvalue weighted by molar-refractivity contribution is 5.92. The van der Waals surface area contributed by atoms with Crippen LogP contribution in [0.15, 0.2) is 61.7 Å². The van der Waals surface area contributed by atoms with Crippen molar-refractivity contribution in [3.8, 4) is 0 Å². The van der Waals surface area contributed by atoms with Crippen LogP contribution >= 0.6 is 0 Å². The lowest BCUT2D eigenvalue weighted by Gasteiger charge is -2.41. The average Bonchev–Trinajstić information content (AvgIpc) is 1.76. The van der Waals surface area contributed by atoms with E-state index in [1.807, 2.05) is 13.8 Å². The van der Waals surface area contributed by atoms with Crippen molar-refractivity contribution in [1.29, 1.82) is 0 Å².